The van der Waals surface area contributed by atoms with Crippen molar-refractivity contribution in [1.29, 1.82) is 0 Å². The first-order valence-corrected chi connectivity index (χ1v) is 5.38. The third-order valence-electron chi connectivity index (χ3n) is 2.76. The van der Waals surface area contributed by atoms with Crippen molar-refractivity contribution in [3.05, 3.63) is 56.3 Å². The van der Waals surface area contributed by atoms with E-state index in [4.69, 9.17) is 9.52 Å². The summed E-state index contributed by atoms with van der Waals surface area (Å²) in [5.41, 5.74) is 1.24. The number of aromatic nitrogens is 1. The fraction of sp³-hybridized carbons (Fsp3) is 0.0769. The molecular formula is C13H9NO4. The maximum atomic E-state index is 11.3. The van der Waals surface area contributed by atoms with E-state index in [-0.39, 0.29) is 6.61 Å². The molecule has 0 radical (unpaired) electrons. The number of H-pyrrole nitrogens is 1. The summed E-state index contributed by atoms with van der Waals surface area (Å²) in [6.07, 6.45) is 0. The number of rotatable bonds is 1. The number of fused-ring (bicyclic) bond motifs is 2. The predicted octanol–water partition coefficient (Wildman–Crippen LogP) is 1.08. The Labute approximate surface area is 101 Å². The van der Waals surface area contributed by atoms with Crippen molar-refractivity contribution in [2.45, 2.75) is 6.61 Å². The van der Waals surface area contributed by atoms with Gasteiger partial charge in [-0.05, 0) is 17.7 Å². The van der Waals surface area contributed by atoms with Crippen molar-refractivity contribution in [1.82, 2.24) is 4.98 Å². The molecule has 0 spiro atoms. The van der Waals surface area contributed by atoms with Crippen LogP contribution in [-0.2, 0) is 6.61 Å². The highest BCUT2D eigenvalue weighted by molar-refractivity contribution is 5.76. The van der Waals surface area contributed by atoms with Gasteiger partial charge in [0, 0.05) is 12.1 Å². The molecular weight excluding hydrogens is 234 g/mol. The van der Waals surface area contributed by atoms with Crippen LogP contribution in [0.3, 0.4) is 0 Å². The third-order valence-corrected chi connectivity index (χ3v) is 2.76. The van der Waals surface area contributed by atoms with Crippen molar-refractivity contribution in [3.8, 4) is 11.5 Å². The Morgan fingerprint density at radius 2 is 1.89 bits per heavy atom. The molecule has 5 nitrogen and oxygen atoms in total. The maximum Gasteiger partial charge on any atom is 0.229 e. The molecule has 2 N–H and O–H groups in total. The number of aromatic amines is 1. The summed E-state index contributed by atoms with van der Waals surface area (Å²) in [6.45, 7) is -0.0753. The van der Waals surface area contributed by atoms with E-state index in [1.54, 1.807) is 18.2 Å². The van der Waals surface area contributed by atoms with Gasteiger partial charge >= 0.3 is 0 Å². The molecule has 1 heterocycles. The van der Waals surface area contributed by atoms with Gasteiger partial charge in [0.05, 0.1) is 17.8 Å². The summed E-state index contributed by atoms with van der Waals surface area (Å²) in [7, 11) is 0. The summed E-state index contributed by atoms with van der Waals surface area (Å²) in [4.78, 5) is 25.5. The largest absolute Gasteiger partial charge is 0.453 e. The Balaban J connectivity index is 2.41. The lowest BCUT2D eigenvalue weighted by Crippen LogP contribution is -2.22. The van der Waals surface area contributed by atoms with Crippen molar-refractivity contribution in [2.24, 2.45) is 0 Å². The SMILES string of the molecule is O=c1cc2[nH]c3cc(CO)ccc3oc-2cc1=O. The van der Waals surface area contributed by atoms with Gasteiger partial charge in [0.1, 0.15) is 0 Å². The number of hydrogen-bond donors (Lipinski definition) is 2. The first-order chi connectivity index (χ1) is 8.67. The average molecular weight is 243 g/mol. The molecule has 1 aliphatic carbocycles. The molecule has 1 aromatic rings. The van der Waals surface area contributed by atoms with E-state index in [0.717, 1.165) is 5.56 Å². The molecule has 2 aliphatic rings. The first kappa shape index (κ1) is 10.7. The summed E-state index contributed by atoms with van der Waals surface area (Å²) in [5, 5.41) is 9.06. The second kappa shape index (κ2) is 3.82. The van der Waals surface area contributed by atoms with Crippen LogP contribution in [0.25, 0.3) is 22.6 Å². The quantitative estimate of drug-likeness (QED) is 0.495. The lowest BCUT2D eigenvalue weighted by atomic mass is 10.2. The molecule has 0 aromatic heterocycles. The van der Waals surface area contributed by atoms with Crippen LogP contribution >= 0.6 is 0 Å². The molecule has 0 saturated heterocycles. The standard InChI is InChI=1S/C13H9NO4/c15-6-7-1-2-12-8(3-7)14-9-4-10(16)11(17)5-13(9)18-12/h1-5,14-15H,6H2. The van der Waals surface area contributed by atoms with Crippen LogP contribution < -0.4 is 10.9 Å². The Bertz CT molecular complexity index is 815. The fourth-order valence-corrected chi connectivity index (χ4v) is 1.85. The highest BCUT2D eigenvalue weighted by Crippen LogP contribution is 2.23. The minimum absolute atomic E-state index is 0.0753. The number of aliphatic hydroxyl groups excluding tert-OH is 1. The Hall–Kier alpha value is -2.40. The minimum Gasteiger partial charge on any atom is -0.453 e. The van der Waals surface area contributed by atoms with E-state index < -0.39 is 10.9 Å². The van der Waals surface area contributed by atoms with Gasteiger partial charge in [0.15, 0.2) is 11.3 Å². The van der Waals surface area contributed by atoms with Crippen LogP contribution in [0.1, 0.15) is 5.56 Å². The van der Waals surface area contributed by atoms with Gasteiger partial charge in [0.25, 0.3) is 0 Å². The highest BCUT2D eigenvalue weighted by Gasteiger charge is 2.10. The van der Waals surface area contributed by atoms with Crippen LogP contribution in [0.2, 0.25) is 0 Å². The molecule has 90 valence electrons. The number of hydrogen-bond acceptors (Lipinski definition) is 4. The Kier molecular flexibility index (Phi) is 2.28. The Morgan fingerprint density at radius 1 is 1.11 bits per heavy atom. The topological polar surface area (TPSA) is 83.3 Å². The van der Waals surface area contributed by atoms with Crippen molar-refractivity contribution in [3.63, 3.8) is 0 Å². The van der Waals surface area contributed by atoms with E-state index in [1.165, 1.54) is 12.1 Å². The molecule has 0 bridgehead atoms. The summed E-state index contributed by atoms with van der Waals surface area (Å²) in [5.74, 6) is 0.337. The van der Waals surface area contributed by atoms with E-state index in [9.17, 15) is 9.59 Å². The highest BCUT2D eigenvalue weighted by atomic mass is 16.3. The molecule has 0 unspecified atom stereocenters. The van der Waals surface area contributed by atoms with E-state index in [0.29, 0.717) is 22.6 Å². The summed E-state index contributed by atoms with van der Waals surface area (Å²) >= 11 is 0. The molecule has 1 aromatic carbocycles. The van der Waals surface area contributed by atoms with Gasteiger partial charge in [-0.3, -0.25) is 9.59 Å². The normalized spacial score (nSPS) is 11.2. The second-order valence-corrected chi connectivity index (χ2v) is 4.01. The lowest BCUT2D eigenvalue weighted by molar-refractivity contribution is 0.282. The number of nitrogens with one attached hydrogen (secondary N) is 1. The smallest absolute Gasteiger partial charge is 0.229 e. The van der Waals surface area contributed by atoms with Crippen molar-refractivity contribution in [2.75, 3.05) is 0 Å². The van der Waals surface area contributed by atoms with Gasteiger partial charge < -0.3 is 14.5 Å². The zero-order valence-electron chi connectivity index (χ0n) is 9.27. The molecule has 1 aliphatic heterocycles. The predicted molar refractivity (Wildman–Crippen MR) is 65.6 cm³/mol. The van der Waals surface area contributed by atoms with Crippen molar-refractivity contribution < 1.29 is 9.52 Å². The molecule has 0 atom stereocenters. The van der Waals surface area contributed by atoms with Gasteiger partial charge in [-0.15, -0.1) is 0 Å². The molecule has 5 heteroatoms. The van der Waals surface area contributed by atoms with Crippen LogP contribution in [0.4, 0.5) is 0 Å². The van der Waals surface area contributed by atoms with Gasteiger partial charge in [-0.1, -0.05) is 6.07 Å². The molecule has 0 amide bonds. The first-order valence-electron chi connectivity index (χ1n) is 5.38. The molecule has 18 heavy (non-hydrogen) atoms. The minimum atomic E-state index is -0.592. The summed E-state index contributed by atoms with van der Waals surface area (Å²) in [6, 6.07) is 7.55. The van der Waals surface area contributed by atoms with Crippen LogP contribution in [0.15, 0.2) is 44.3 Å². The van der Waals surface area contributed by atoms with Crippen LogP contribution in [-0.4, -0.2) is 10.1 Å². The molecule has 0 saturated carbocycles. The Morgan fingerprint density at radius 3 is 2.67 bits per heavy atom. The van der Waals surface area contributed by atoms with Crippen molar-refractivity contribution >= 4 is 11.1 Å². The molecule has 3 rings (SSSR count). The number of aliphatic hydroxyl groups is 1. The fourth-order valence-electron chi connectivity index (χ4n) is 1.85. The summed E-state index contributed by atoms with van der Waals surface area (Å²) < 4.78 is 5.53. The maximum absolute atomic E-state index is 11.3. The zero-order valence-corrected chi connectivity index (χ0v) is 9.27. The van der Waals surface area contributed by atoms with E-state index >= 15 is 0 Å². The number of benzene rings is 2. The van der Waals surface area contributed by atoms with E-state index in [1.807, 2.05) is 0 Å². The van der Waals surface area contributed by atoms with Gasteiger partial charge in [-0.2, -0.15) is 0 Å². The molecule has 0 fully saturated rings. The lowest BCUT2D eigenvalue weighted by Gasteiger charge is -2.07. The van der Waals surface area contributed by atoms with Gasteiger partial charge in [0.2, 0.25) is 10.9 Å². The average Bonchev–Trinajstić information content (AvgIpc) is 2.37. The second-order valence-electron chi connectivity index (χ2n) is 4.01. The van der Waals surface area contributed by atoms with Crippen LogP contribution in [0, 0.1) is 0 Å². The van der Waals surface area contributed by atoms with Gasteiger partial charge in [-0.25, -0.2) is 0 Å². The van der Waals surface area contributed by atoms with Crippen LogP contribution in [0.5, 0.6) is 0 Å². The monoisotopic (exact) mass is 243 g/mol. The third kappa shape index (κ3) is 1.61. The zero-order chi connectivity index (χ0) is 12.7. The van der Waals surface area contributed by atoms with E-state index in [2.05, 4.69) is 4.98 Å².